The van der Waals surface area contributed by atoms with Gasteiger partial charge in [0.1, 0.15) is 16.7 Å². The van der Waals surface area contributed by atoms with Crippen molar-refractivity contribution in [3.8, 4) is 6.07 Å². The molecule has 1 aliphatic rings. The summed E-state index contributed by atoms with van der Waals surface area (Å²) in [7, 11) is 1.67. The lowest BCUT2D eigenvalue weighted by molar-refractivity contribution is -0.115. The standard InChI is InChI=1S/C20H16N4O2S/c1-23-16-7-3-2-6-14(16)18(15(10-21)19(23)25)24-11-13(12-24)20(26)27-17-8-4-5-9-22-17/h2-9,13H,11-12H2,1H3. The molecule has 4 rings (SSSR count). The molecular formula is C20H16N4O2S. The van der Waals surface area contributed by atoms with Crippen LogP contribution in [0, 0.1) is 17.2 Å². The molecule has 134 valence electrons. The molecule has 1 aliphatic heterocycles. The molecule has 2 aromatic heterocycles. The van der Waals surface area contributed by atoms with Crippen molar-refractivity contribution in [2.75, 3.05) is 18.0 Å². The van der Waals surface area contributed by atoms with Gasteiger partial charge < -0.3 is 9.47 Å². The summed E-state index contributed by atoms with van der Waals surface area (Å²) >= 11 is 1.14. The van der Waals surface area contributed by atoms with Gasteiger partial charge in [0.05, 0.1) is 17.1 Å². The molecule has 1 aromatic carbocycles. The van der Waals surface area contributed by atoms with Gasteiger partial charge in [0.25, 0.3) is 5.56 Å². The number of benzene rings is 1. The van der Waals surface area contributed by atoms with Crippen molar-refractivity contribution in [3.05, 3.63) is 64.6 Å². The summed E-state index contributed by atoms with van der Waals surface area (Å²) in [5.74, 6) is -0.147. The Balaban J connectivity index is 1.62. The number of rotatable bonds is 3. The molecule has 0 aliphatic carbocycles. The van der Waals surface area contributed by atoms with Crippen molar-refractivity contribution in [1.82, 2.24) is 9.55 Å². The third-order valence-corrected chi connectivity index (χ3v) is 5.75. The van der Waals surface area contributed by atoms with E-state index in [9.17, 15) is 14.9 Å². The van der Waals surface area contributed by atoms with Crippen molar-refractivity contribution >= 4 is 33.5 Å². The highest BCUT2D eigenvalue weighted by atomic mass is 32.2. The van der Waals surface area contributed by atoms with Gasteiger partial charge in [-0.2, -0.15) is 5.26 Å². The summed E-state index contributed by atoms with van der Waals surface area (Å²) in [6.07, 6.45) is 1.66. The third-order valence-electron chi connectivity index (χ3n) is 4.76. The highest BCUT2D eigenvalue weighted by Gasteiger charge is 2.36. The zero-order valence-corrected chi connectivity index (χ0v) is 15.4. The zero-order chi connectivity index (χ0) is 19.0. The van der Waals surface area contributed by atoms with E-state index in [-0.39, 0.29) is 22.2 Å². The van der Waals surface area contributed by atoms with E-state index in [2.05, 4.69) is 11.1 Å². The number of carbonyl (C=O) groups excluding carboxylic acids is 1. The number of carbonyl (C=O) groups is 1. The second kappa shape index (κ2) is 6.89. The molecule has 0 N–H and O–H groups in total. The molecule has 0 unspecified atom stereocenters. The molecule has 0 bridgehead atoms. The van der Waals surface area contributed by atoms with Gasteiger partial charge in [-0.1, -0.05) is 24.3 Å². The van der Waals surface area contributed by atoms with Gasteiger partial charge in [-0.3, -0.25) is 9.59 Å². The van der Waals surface area contributed by atoms with E-state index < -0.39 is 0 Å². The maximum Gasteiger partial charge on any atom is 0.270 e. The minimum Gasteiger partial charge on any atom is -0.368 e. The normalized spacial score (nSPS) is 14.0. The summed E-state index contributed by atoms with van der Waals surface area (Å²) in [5, 5.41) is 11.1. The fraction of sp³-hybridized carbons (Fsp3) is 0.200. The minimum absolute atomic E-state index is 0.0524. The summed E-state index contributed by atoms with van der Waals surface area (Å²) in [6, 6.07) is 15.0. The predicted molar refractivity (Wildman–Crippen MR) is 105 cm³/mol. The van der Waals surface area contributed by atoms with Gasteiger partial charge in [0.2, 0.25) is 5.12 Å². The van der Waals surface area contributed by atoms with E-state index in [1.807, 2.05) is 41.3 Å². The number of para-hydroxylation sites is 1. The van der Waals surface area contributed by atoms with Gasteiger partial charge in [-0.25, -0.2) is 4.98 Å². The summed E-state index contributed by atoms with van der Waals surface area (Å²) < 4.78 is 1.50. The van der Waals surface area contributed by atoms with E-state index >= 15 is 0 Å². The number of fused-ring (bicyclic) bond motifs is 1. The first-order chi connectivity index (χ1) is 13.1. The molecule has 1 fully saturated rings. The van der Waals surface area contributed by atoms with Crippen molar-refractivity contribution < 1.29 is 4.79 Å². The molecule has 0 radical (unpaired) electrons. The molecule has 1 saturated heterocycles. The second-order valence-corrected chi connectivity index (χ2v) is 7.43. The fourth-order valence-corrected chi connectivity index (χ4v) is 4.09. The first kappa shape index (κ1) is 17.3. The Morgan fingerprint density at radius 1 is 1.22 bits per heavy atom. The van der Waals surface area contributed by atoms with E-state index in [0.717, 1.165) is 22.7 Å². The lowest BCUT2D eigenvalue weighted by Crippen LogP contribution is -2.50. The Bertz CT molecular complexity index is 1130. The largest absolute Gasteiger partial charge is 0.368 e. The maximum absolute atomic E-state index is 12.6. The van der Waals surface area contributed by atoms with Gasteiger partial charge in [0.15, 0.2) is 0 Å². The summed E-state index contributed by atoms with van der Waals surface area (Å²) in [5.41, 5.74) is 1.21. The van der Waals surface area contributed by atoms with Gasteiger partial charge in [-0.15, -0.1) is 0 Å². The van der Waals surface area contributed by atoms with Crippen LogP contribution in [-0.2, 0) is 11.8 Å². The lowest BCUT2D eigenvalue weighted by Gasteiger charge is -2.40. The van der Waals surface area contributed by atoms with Crippen LogP contribution in [0.4, 0.5) is 5.69 Å². The van der Waals surface area contributed by atoms with Crippen LogP contribution in [0.25, 0.3) is 10.9 Å². The van der Waals surface area contributed by atoms with Crippen molar-refractivity contribution in [1.29, 1.82) is 5.26 Å². The average Bonchev–Trinajstić information content (AvgIpc) is 2.65. The van der Waals surface area contributed by atoms with E-state index in [1.54, 1.807) is 19.3 Å². The van der Waals surface area contributed by atoms with Crippen LogP contribution < -0.4 is 10.5 Å². The summed E-state index contributed by atoms with van der Waals surface area (Å²) in [6.45, 7) is 0.981. The number of aromatic nitrogens is 2. The van der Waals surface area contributed by atoms with E-state index in [0.29, 0.717) is 23.8 Å². The highest BCUT2D eigenvalue weighted by Crippen LogP contribution is 2.35. The molecule has 27 heavy (non-hydrogen) atoms. The zero-order valence-electron chi connectivity index (χ0n) is 14.6. The Morgan fingerprint density at radius 2 is 1.96 bits per heavy atom. The van der Waals surface area contributed by atoms with E-state index in [1.165, 1.54) is 4.57 Å². The summed E-state index contributed by atoms with van der Waals surface area (Å²) in [4.78, 5) is 31.2. The average molecular weight is 376 g/mol. The SMILES string of the molecule is Cn1c(=O)c(C#N)c(N2CC(C(=O)Sc3ccccn3)C2)c2ccccc21. The van der Waals surface area contributed by atoms with Crippen LogP contribution in [0.5, 0.6) is 0 Å². The number of thioether (sulfide) groups is 1. The predicted octanol–water partition coefficient (Wildman–Crippen LogP) is 2.56. The van der Waals surface area contributed by atoms with Crippen LogP contribution in [0.2, 0.25) is 0 Å². The van der Waals surface area contributed by atoms with Gasteiger partial charge >= 0.3 is 0 Å². The molecule has 0 saturated carbocycles. The van der Waals surface area contributed by atoms with Crippen LogP contribution in [0.15, 0.2) is 58.5 Å². The lowest BCUT2D eigenvalue weighted by atomic mass is 9.97. The number of hydrogen-bond donors (Lipinski definition) is 0. The number of nitriles is 1. The number of hydrogen-bond acceptors (Lipinski definition) is 6. The van der Waals surface area contributed by atoms with Crippen LogP contribution in [0.1, 0.15) is 5.56 Å². The quantitative estimate of drug-likeness (QED) is 0.654. The molecule has 6 nitrogen and oxygen atoms in total. The van der Waals surface area contributed by atoms with Crippen molar-refractivity contribution in [3.63, 3.8) is 0 Å². The monoisotopic (exact) mass is 376 g/mol. The Hall–Kier alpha value is -3.11. The van der Waals surface area contributed by atoms with E-state index in [4.69, 9.17) is 0 Å². The number of nitrogens with zero attached hydrogens (tertiary/aromatic N) is 4. The molecule has 7 heteroatoms. The second-order valence-electron chi connectivity index (χ2n) is 6.41. The van der Waals surface area contributed by atoms with Gasteiger partial charge in [0, 0.05) is 31.7 Å². The first-order valence-corrected chi connectivity index (χ1v) is 9.31. The van der Waals surface area contributed by atoms with Crippen molar-refractivity contribution in [2.45, 2.75) is 5.03 Å². The highest BCUT2D eigenvalue weighted by molar-refractivity contribution is 8.13. The first-order valence-electron chi connectivity index (χ1n) is 8.49. The number of aryl methyl sites for hydroxylation is 1. The van der Waals surface area contributed by atoms with Gasteiger partial charge in [-0.05, 0) is 30.0 Å². The Labute approximate surface area is 160 Å². The smallest absolute Gasteiger partial charge is 0.270 e. The maximum atomic E-state index is 12.6. The Kier molecular flexibility index (Phi) is 4.42. The molecular weight excluding hydrogens is 360 g/mol. The van der Waals surface area contributed by atoms with Crippen molar-refractivity contribution in [2.24, 2.45) is 13.0 Å². The molecule has 0 atom stereocenters. The fourth-order valence-electron chi connectivity index (χ4n) is 3.31. The minimum atomic E-state index is -0.316. The number of anilines is 1. The Morgan fingerprint density at radius 3 is 2.67 bits per heavy atom. The number of pyridine rings is 2. The topological polar surface area (TPSA) is 79.0 Å². The third kappa shape index (κ3) is 2.98. The van der Waals surface area contributed by atoms with Crippen LogP contribution >= 0.6 is 11.8 Å². The molecule has 0 spiro atoms. The van der Waals surface area contributed by atoms with Crippen LogP contribution in [-0.4, -0.2) is 27.8 Å². The molecule has 3 heterocycles. The molecule has 0 amide bonds. The molecule has 3 aromatic rings. The van der Waals surface area contributed by atoms with Crippen LogP contribution in [0.3, 0.4) is 0 Å².